The average molecular weight is 330 g/mol. The van der Waals surface area contributed by atoms with Crippen LogP contribution in [0.1, 0.15) is 18.4 Å². The van der Waals surface area contributed by atoms with Crippen molar-refractivity contribution in [3.63, 3.8) is 0 Å². The van der Waals surface area contributed by atoms with Gasteiger partial charge in [0.25, 0.3) is 0 Å². The van der Waals surface area contributed by atoms with Crippen molar-refractivity contribution in [3.05, 3.63) is 78.6 Å². The van der Waals surface area contributed by atoms with E-state index in [-0.39, 0.29) is 0 Å². The van der Waals surface area contributed by atoms with Gasteiger partial charge in [0.15, 0.2) is 0 Å². The van der Waals surface area contributed by atoms with Gasteiger partial charge < -0.3 is 4.57 Å². The second kappa shape index (κ2) is 7.71. The Labute approximate surface area is 150 Å². The zero-order chi connectivity index (χ0) is 16.9. The maximum atomic E-state index is 2.57. The Bertz CT molecular complexity index is 790. The van der Waals surface area contributed by atoms with Gasteiger partial charge in [-0.2, -0.15) is 0 Å². The van der Waals surface area contributed by atoms with Crippen molar-refractivity contribution >= 4 is 16.8 Å². The molecule has 128 valence electrons. The minimum absolute atomic E-state index is 0.802. The van der Waals surface area contributed by atoms with Crippen molar-refractivity contribution in [2.24, 2.45) is 5.92 Å². The molecule has 2 aromatic carbocycles. The summed E-state index contributed by atoms with van der Waals surface area (Å²) < 4.78 is 2.39. The summed E-state index contributed by atoms with van der Waals surface area (Å²) in [6.45, 7) is 4.65. The molecule has 2 nitrogen and oxygen atoms in total. The van der Waals surface area contributed by atoms with Gasteiger partial charge in [0.1, 0.15) is 0 Å². The van der Waals surface area contributed by atoms with Gasteiger partial charge in [0, 0.05) is 25.5 Å². The minimum Gasteiger partial charge on any atom is -0.353 e. The Balaban J connectivity index is 1.26. The molecule has 0 amide bonds. The first kappa shape index (κ1) is 16.2. The van der Waals surface area contributed by atoms with Crippen LogP contribution in [0.4, 0.5) is 0 Å². The molecule has 0 atom stereocenters. The van der Waals surface area contributed by atoms with Crippen molar-refractivity contribution in [3.8, 4) is 0 Å². The molecule has 2 heteroatoms. The summed E-state index contributed by atoms with van der Waals surface area (Å²) in [6.07, 6.45) is 11.7. The van der Waals surface area contributed by atoms with E-state index in [9.17, 15) is 0 Å². The Morgan fingerprint density at radius 2 is 1.48 bits per heavy atom. The van der Waals surface area contributed by atoms with Crippen LogP contribution >= 0.6 is 0 Å². The largest absolute Gasteiger partial charge is 0.353 e. The van der Waals surface area contributed by atoms with E-state index in [4.69, 9.17) is 0 Å². The molecule has 1 aliphatic rings. The van der Waals surface area contributed by atoms with Crippen LogP contribution in [0.25, 0.3) is 16.8 Å². The monoisotopic (exact) mass is 330 g/mol. The first-order valence-corrected chi connectivity index (χ1v) is 9.35. The first-order chi connectivity index (χ1) is 12.4. The van der Waals surface area contributed by atoms with E-state index < -0.39 is 0 Å². The third-order valence-electron chi connectivity index (χ3n) is 5.26. The Kier molecular flexibility index (Phi) is 4.98. The fourth-order valence-corrected chi connectivity index (χ4v) is 3.80. The lowest BCUT2D eigenvalue weighted by atomic mass is 9.97. The van der Waals surface area contributed by atoms with E-state index in [1.54, 1.807) is 0 Å². The molecule has 0 N–H and O–H groups in total. The van der Waals surface area contributed by atoms with E-state index in [2.05, 4.69) is 88.6 Å². The molecule has 1 aliphatic heterocycles. The molecule has 4 rings (SSSR count). The molecule has 0 saturated carbocycles. The second-order valence-corrected chi connectivity index (χ2v) is 7.14. The highest BCUT2D eigenvalue weighted by atomic mass is 15.1. The van der Waals surface area contributed by atoms with Gasteiger partial charge >= 0.3 is 0 Å². The topological polar surface area (TPSA) is 8.17 Å². The quantitative estimate of drug-likeness (QED) is 0.634. The van der Waals surface area contributed by atoms with Crippen LogP contribution < -0.4 is 0 Å². The summed E-state index contributed by atoms with van der Waals surface area (Å²) in [4.78, 5) is 2.57. The van der Waals surface area contributed by atoms with Gasteiger partial charge in [-0.1, -0.05) is 66.7 Å². The number of hydrogen-bond acceptors (Lipinski definition) is 1. The summed E-state index contributed by atoms with van der Waals surface area (Å²) in [7, 11) is 0. The van der Waals surface area contributed by atoms with E-state index in [0.29, 0.717) is 0 Å². The SMILES string of the molecule is C(=C\c1ccccc1)/CN1CCC(Cn2cc3ccccc3c2)CC1. The predicted octanol–water partition coefficient (Wildman–Crippen LogP) is 5.07. The average Bonchev–Trinajstić information content (AvgIpc) is 3.06. The summed E-state index contributed by atoms with van der Waals surface area (Å²) in [5.41, 5.74) is 1.29. The van der Waals surface area contributed by atoms with Gasteiger partial charge in [-0.25, -0.2) is 0 Å². The molecule has 25 heavy (non-hydrogen) atoms. The molecule has 1 saturated heterocycles. The van der Waals surface area contributed by atoms with Gasteiger partial charge in [0.05, 0.1) is 0 Å². The zero-order valence-corrected chi connectivity index (χ0v) is 14.7. The smallest absolute Gasteiger partial charge is 0.0249 e. The molecule has 2 heterocycles. The molecule has 0 spiro atoms. The van der Waals surface area contributed by atoms with Crippen LogP contribution in [0.5, 0.6) is 0 Å². The highest BCUT2D eigenvalue weighted by Crippen LogP contribution is 2.22. The van der Waals surface area contributed by atoms with Crippen LogP contribution in [0.3, 0.4) is 0 Å². The Morgan fingerprint density at radius 1 is 0.840 bits per heavy atom. The maximum Gasteiger partial charge on any atom is 0.0249 e. The normalized spacial score (nSPS) is 16.8. The lowest BCUT2D eigenvalue weighted by Gasteiger charge is -2.31. The number of hydrogen-bond donors (Lipinski definition) is 0. The lowest BCUT2D eigenvalue weighted by Crippen LogP contribution is -2.34. The highest BCUT2D eigenvalue weighted by Gasteiger charge is 2.18. The number of nitrogens with zero attached hydrogens (tertiary/aromatic N) is 2. The Hall–Kier alpha value is -2.32. The van der Waals surface area contributed by atoms with E-state index >= 15 is 0 Å². The highest BCUT2D eigenvalue weighted by molar-refractivity contribution is 5.82. The molecule has 0 bridgehead atoms. The third-order valence-corrected chi connectivity index (χ3v) is 5.26. The number of piperidine rings is 1. The fraction of sp³-hybridized carbons (Fsp3) is 0.304. The van der Waals surface area contributed by atoms with Crippen LogP contribution in [-0.4, -0.2) is 29.1 Å². The van der Waals surface area contributed by atoms with Gasteiger partial charge in [-0.05, 0) is 48.2 Å². The first-order valence-electron chi connectivity index (χ1n) is 9.35. The standard InChI is InChI=1S/C23H26N2/c1-2-7-20(8-3-1)9-6-14-24-15-12-21(13-16-24)17-25-18-22-10-4-5-11-23(22)19-25/h1-11,18-19,21H,12-17H2/b9-6+. The van der Waals surface area contributed by atoms with Crippen molar-refractivity contribution in [1.82, 2.24) is 9.47 Å². The summed E-state index contributed by atoms with van der Waals surface area (Å²) in [6, 6.07) is 19.2. The number of likely N-dealkylation sites (tertiary alicyclic amines) is 1. The molecular weight excluding hydrogens is 304 g/mol. The van der Waals surface area contributed by atoms with E-state index in [1.165, 1.54) is 42.3 Å². The number of fused-ring (bicyclic) bond motifs is 1. The van der Waals surface area contributed by atoms with Crippen LogP contribution in [0.2, 0.25) is 0 Å². The predicted molar refractivity (Wildman–Crippen MR) is 107 cm³/mol. The van der Waals surface area contributed by atoms with Gasteiger partial charge in [-0.15, -0.1) is 0 Å². The molecule has 1 fully saturated rings. The molecule has 0 aliphatic carbocycles. The van der Waals surface area contributed by atoms with Crippen LogP contribution in [0, 0.1) is 5.92 Å². The number of aromatic nitrogens is 1. The second-order valence-electron chi connectivity index (χ2n) is 7.14. The van der Waals surface area contributed by atoms with Crippen LogP contribution in [-0.2, 0) is 6.54 Å². The van der Waals surface area contributed by atoms with E-state index in [1.807, 2.05) is 0 Å². The van der Waals surface area contributed by atoms with Gasteiger partial charge in [0.2, 0.25) is 0 Å². The summed E-state index contributed by atoms with van der Waals surface area (Å²) in [5.74, 6) is 0.802. The lowest BCUT2D eigenvalue weighted by molar-refractivity contribution is 0.189. The van der Waals surface area contributed by atoms with Crippen LogP contribution in [0.15, 0.2) is 73.1 Å². The van der Waals surface area contributed by atoms with Crippen molar-refractivity contribution < 1.29 is 0 Å². The summed E-state index contributed by atoms with van der Waals surface area (Å²) in [5, 5.41) is 2.71. The number of rotatable bonds is 5. The third kappa shape index (κ3) is 4.21. The molecular formula is C23H26N2. The number of benzene rings is 2. The van der Waals surface area contributed by atoms with Crippen molar-refractivity contribution in [1.29, 1.82) is 0 Å². The van der Waals surface area contributed by atoms with Crippen molar-refractivity contribution in [2.45, 2.75) is 19.4 Å². The van der Waals surface area contributed by atoms with Crippen molar-refractivity contribution in [2.75, 3.05) is 19.6 Å². The minimum atomic E-state index is 0.802. The Morgan fingerprint density at radius 3 is 2.16 bits per heavy atom. The molecule has 0 radical (unpaired) electrons. The molecule has 3 aromatic rings. The fourth-order valence-electron chi connectivity index (χ4n) is 3.80. The van der Waals surface area contributed by atoms with E-state index in [0.717, 1.165) is 19.0 Å². The maximum absolute atomic E-state index is 2.57. The van der Waals surface area contributed by atoms with Gasteiger partial charge in [-0.3, -0.25) is 4.90 Å². The zero-order valence-electron chi connectivity index (χ0n) is 14.7. The molecule has 1 aromatic heterocycles. The molecule has 0 unspecified atom stereocenters. The summed E-state index contributed by atoms with van der Waals surface area (Å²) >= 11 is 0.